The summed E-state index contributed by atoms with van der Waals surface area (Å²) in [5.41, 5.74) is 2.93. The summed E-state index contributed by atoms with van der Waals surface area (Å²) in [5, 5.41) is 3.33. The Kier molecular flexibility index (Phi) is 5.69. The van der Waals surface area contributed by atoms with Gasteiger partial charge in [-0.1, -0.05) is 6.92 Å². The van der Waals surface area contributed by atoms with Crippen LogP contribution in [-0.4, -0.2) is 30.4 Å². The van der Waals surface area contributed by atoms with E-state index in [1.165, 1.54) is 0 Å². The Morgan fingerprint density at radius 1 is 1.22 bits per heavy atom. The van der Waals surface area contributed by atoms with Gasteiger partial charge in [0, 0.05) is 30.9 Å². The Morgan fingerprint density at radius 3 is 2.39 bits per heavy atom. The SMILES string of the molecule is CCCNc1ccc(C(=O)N(CC)CC)c(C)c1. The van der Waals surface area contributed by atoms with Crippen LogP contribution in [0, 0.1) is 6.92 Å². The molecule has 1 N–H and O–H groups in total. The average Bonchev–Trinajstić information content (AvgIpc) is 2.37. The van der Waals surface area contributed by atoms with Crippen molar-refractivity contribution in [2.24, 2.45) is 0 Å². The summed E-state index contributed by atoms with van der Waals surface area (Å²) < 4.78 is 0. The van der Waals surface area contributed by atoms with Crippen LogP contribution in [0.5, 0.6) is 0 Å². The van der Waals surface area contributed by atoms with Gasteiger partial charge in [-0.2, -0.15) is 0 Å². The van der Waals surface area contributed by atoms with E-state index in [2.05, 4.69) is 12.2 Å². The van der Waals surface area contributed by atoms with Gasteiger partial charge in [-0.25, -0.2) is 0 Å². The maximum absolute atomic E-state index is 12.3. The predicted octanol–water partition coefficient (Wildman–Crippen LogP) is 3.30. The minimum absolute atomic E-state index is 0.125. The number of aryl methyl sites for hydroxylation is 1. The number of rotatable bonds is 6. The molecule has 0 heterocycles. The molecule has 0 saturated heterocycles. The monoisotopic (exact) mass is 248 g/mol. The molecule has 3 nitrogen and oxygen atoms in total. The third-order valence-electron chi connectivity index (χ3n) is 3.09. The Balaban J connectivity index is 2.87. The van der Waals surface area contributed by atoms with Crippen molar-refractivity contribution >= 4 is 11.6 Å². The quantitative estimate of drug-likeness (QED) is 0.837. The van der Waals surface area contributed by atoms with Crippen molar-refractivity contribution in [3.63, 3.8) is 0 Å². The van der Waals surface area contributed by atoms with Gasteiger partial charge in [0.15, 0.2) is 0 Å². The number of hydrogen-bond donors (Lipinski definition) is 1. The highest BCUT2D eigenvalue weighted by Crippen LogP contribution is 2.17. The first-order chi connectivity index (χ1) is 8.63. The van der Waals surface area contributed by atoms with Crippen LogP contribution < -0.4 is 5.32 Å². The van der Waals surface area contributed by atoms with Crippen molar-refractivity contribution in [3.05, 3.63) is 29.3 Å². The minimum atomic E-state index is 0.125. The molecule has 0 fully saturated rings. The molecule has 0 spiro atoms. The number of carbonyl (C=O) groups excluding carboxylic acids is 1. The van der Waals surface area contributed by atoms with Gasteiger partial charge >= 0.3 is 0 Å². The van der Waals surface area contributed by atoms with Crippen LogP contribution >= 0.6 is 0 Å². The molecule has 0 aliphatic carbocycles. The normalized spacial score (nSPS) is 10.2. The molecular weight excluding hydrogens is 224 g/mol. The van der Waals surface area contributed by atoms with Crippen molar-refractivity contribution in [3.8, 4) is 0 Å². The lowest BCUT2D eigenvalue weighted by atomic mass is 10.1. The zero-order chi connectivity index (χ0) is 13.5. The zero-order valence-corrected chi connectivity index (χ0v) is 11.9. The second-order valence-corrected chi connectivity index (χ2v) is 4.43. The van der Waals surface area contributed by atoms with Crippen LogP contribution in [0.25, 0.3) is 0 Å². The highest BCUT2D eigenvalue weighted by atomic mass is 16.2. The number of anilines is 1. The standard InChI is InChI=1S/C15H24N2O/c1-5-10-16-13-8-9-14(12(4)11-13)15(18)17(6-2)7-3/h8-9,11,16H,5-7,10H2,1-4H3. The zero-order valence-electron chi connectivity index (χ0n) is 11.9. The number of nitrogens with zero attached hydrogens (tertiary/aromatic N) is 1. The van der Waals surface area contributed by atoms with Gasteiger partial charge in [0.25, 0.3) is 5.91 Å². The van der Waals surface area contributed by atoms with E-state index in [1.54, 1.807) is 0 Å². The fraction of sp³-hybridized carbons (Fsp3) is 0.533. The van der Waals surface area contributed by atoms with E-state index in [9.17, 15) is 4.79 Å². The average molecular weight is 248 g/mol. The highest BCUT2D eigenvalue weighted by molar-refractivity contribution is 5.96. The van der Waals surface area contributed by atoms with E-state index in [1.807, 2.05) is 43.9 Å². The second-order valence-electron chi connectivity index (χ2n) is 4.43. The van der Waals surface area contributed by atoms with Crippen LogP contribution in [0.1, 0.15) is 43.1 Å². The Morgan fingerprint density at radius 2 is 1.89 bits per heavy atom. The van der Waals surface area contributed by atoms with E-state index >= 15 is 0 Å². The number of nitrogens with one attached hydrogen (secondary N) is 1. The fourth-order valence-corrected chi connectivity index (χ4v) is 1.96. The number of hydrogen-bond acceptors (Lipinski definition) is 2. The number of carbonyl (C=O) groups is 1. The van der Waals surface area contributed by atoms with Gasteiger partial charge < -0.3 is 10.2 Å². The van der Waals surface area contributed by atoms with E-state index < -0.39 is 0 Å². The molecule has 0 radical (unpaired) electrons. The summed E-state index contributed by atoms with van der Waals surface area (Å²) in [6, 6.07) is 5.96. The van der Waals surface area contributed by atoms with Crippen molar-refractivity contribution < 1.29 is 4.79 Å². The first kappa shape index (κ1) is 14.6. The van der Waals surface area contributed by atoms with Crippen LogP contribution in [0.2, 0.25) is 0 Å². The molecule has 1 aromatic rings. The molecular formula is C15H24N2O. The summed E-state index contributed by atoms with van der Waals surface area (Å²) in [6.45, 7) is 10.6. The van der Waals surface area contributed by atoms with Crippen molar-refractivity contribution in [2.45, 2.75) is 34.1 Å². The molecule has 100 valence electrons. The van der Waals surface area contributed by atoms with Crippen molar-refractivity contribution in [1.29, 1.82) is 0 Å². The lowest BCUT2D eigenvalue weighted by Gasteiger charge is -2.20. The Hall–Kier alpha value is -1.51. The maximum Gasteiger partial charge on any atom is 0.254 e. The molecule has 1 aromatic carbocycles. The molecule has 0 unspecified atom stereocenters. The highest BCUT2D eigenvalue weighted by Gasteiger charge is 2.14. The number of amides is 1. The van der Waals surface area contributed by atoms with Crippen LogP contribution in [0.4, 0.5) is 5.69 Å². The largest absolute Gasteiger partial charge is 0.385 e. The molecule has 0 bridgehead atoms. The first-order valence-corrected chi connectivity index (χ1v) is 6.77. The summed E-state index contributed by atoms with van der Waals surface area (Å²) >= 11 is 0. The van der Waals surface area contributed by atoms with Crippen LogP contribution in [0.3, 0.4) is 0 Å². The van der Waals surface area contributed by atoms with E-state index in [-0.39, 0.29) is 5.91 Å². The summed E-state index contributed by atoms with van der Waals surface area (Å²) in [6.07, 6.45) is 1.10. The maximum atomic E-state index is 12.3. The third kappa shape index (κ3) is 3.49. The number of benzene rings is 1. The summed E-state index contributed by atoms with van der Waals surface area (Å²) in [5.74, 6) is 0.125. The minimum Gasteiger partial charge on any atom is -0.385 e. The molecule has 0 saturated carbocycles. The van der Waals surface area contributed by atoms with Gasteiger partial charge in [0.05, 0.1) is 0 Å². The van der Waals surface area contributed by atoms with Crippen LogP contribution in [-0.2, 0) is 0 Å². The fourth-order valence-electron chi connectivity index (χ4n) is 1.96. The molecule has 1 rings (SSSR count). The van der Waals surface area contributed by atoms with Crippen molar-refractivity contribution in [1.82, 2.24) is 4.90 Å². The lowest BCUT2D eigenvalue weighted by molar-refractivity contribution is 0.0772. The predicted molar refractivity (Wildman–Crippen MR) is 77.2 cm³/mol. The summed E-state index contributed by atoms with van der Waals surface area (Å²) in [7, 11) is 0. The van der Waals surface area contributed by atoms with Gasteiger partial charge in [0.1, 0.15) is 0 Å². The lowest BCUT2D eigenvalue weighted by Crippen LogP contribution is -2.30. The molecule has 0 aliphatic rings. The molecule has 0 aromatic heterocycles. The first-order valence-electron chi connectivity index (χ1n) is 6.77. The molecule has 0 aliphatic heterocycles. The molecule has 0 atom stereocenters. The molecule has 3 heteroatoms. The second kappa shape index (κ2) is 7.04. The third-order valence-corrected chi connectivity index (χ3v) is 3.09. The van der Waals surface area contributed by atoms with Gasteiger partial charge in [-0.3, -0.25) is 4.79 Å². The molecule has 18 heavy (non-hydrogen) atoms. The van der Waals surface area contributed by atoms with Crippen molar-refractivity contribution in [2.75, 3.05) is 25.0 Å². The summed E-state index contributed by atoms with van der Waals surface area (Å²) in [4.78, 5) is 14.1. The Labute approximate surface area is 110 Å². The van der Waals surface area contributed by atoms with Gasteiger partial charge in [-0.15, -0.1) is 0 Å². The molecule has 1 amide bonds. The topological polar surface area (TPSA) is 32.3 Å². The van der Waals surface area contributed by atoms with Gasteiger partial charge in [-0.05, 0) is 51.0 Å². The van der Waals surface area contributed by atoms with Crippen LogP contribution in [0.15, 0.2) is 18.2 Å². The van der Waals surface area contributed by atoms with Gasteiger partial charge in [0.2, 0.25) is 0 Å². The smallest absolute Gasteiger partial charge is 0.254 e. The van der Waals surface area contributed by atoms with E-state index in [4.69, 9.17) is 0 Å². The van der Waals surface area contributed by atoms with E-state index in [0.717, 1.165) is 42.9 Å². The Bertz CT molecular complexity index is 397. The van der Waals surface area contributed by atoms with E-state index in [0.29, 0.717) is 0 Å².